The predicted octanol–water partition coefficient (Wildman–Crippen LogP) is 11.5. The van der Waals surface area contributed by atoms with Gasteiger partial charge in [0.15, 0.2) is 0 Å². The van der Waals surface area contributed by atoms with Crippen molar-refractivity contribution in [2.45, 2.75) is 193 Å². The lowest BCUT2D eigenvalue weighted by Crippen LogP contribution is -2.40. The van der Waals surface area contributed by atoms with Crippen molar-refractivity contribution in [1.82, 2.24) is 0 Å². The number of aliphatic hydroxyl groups is 2. The third kappa shape index (κ3) is 33.5. The minimum Gasteiger partial charge on any atom is -0.398 e. The van der Waals surface area contributed by atoms with Gasteiger partial charge in [-0.15, -0.1) is 0 Å². The highest BCUT2D eigenvalue weighted by Gasteiger charge is 2.35. The van der Waals surface area contributed by atoms with Crippen molar-refractivity contribution in [2.75, 3.05) is 6.61 Å². The fourth-order valence-corrected chi connectivity index (χ4v) is 5.20. The summed E-state index contributed by atoms with van der Waals surface area (Å²) in [5, 5.41) is 20.0. The van der Waals surface area contributed by atoms with E-state index in [0.29, 0.717) is 25.7 Å². The number of ether oxygens (including phenoxy) is 2. The van der Waals surface area contributed by atoms with Crippen LogP contribution in [0, 0.1) is 0 Å². The number of carbonyl (C=O) groups is 2. The second-order valence-electron chi connectivity index (χ2n) is 12.8. The van der Waals surface area contributed by atoms with E-state index in [9.17, 15) is 14.7 Å². The molecule has 0 amide bonds. The third-order valence-corrected chi connectivity index (χ3v) is 8.11. The van der Waals surface area contributed by atoms with Crippen LogP contribution in [0.15, 0.2) is 48.6 Å². The first kappa shape index (κ1) is 44.8. The number of aliphatic hydroxyl groups excluding tert-OH is 1. The lowest BCUT2D eigenvalue weighted by atomic mass is 10.1. The molecule has 0 radical (unpaired) electrons. The van der Waals surface area contributed by atoms with E-state index in [1.54, 1.807) is 0 Å². The zero-order chi connectivity index (χ0) is 34.5. The number of rotatable bonds is 34. The van der Waals surface area contributed by atoms with E-state index in [4.69, 9.17) is 14.6 Å². The number of unbranched alkanes of at least 4 members (excludes halogenated alkanes) is 17. The minimum absolute atomic E-state index is 0.0457. The third-order valence-electron chi connectivity index (χ3n) is 8.11. The molecule has 0 saturated heterocycles. The summed E-state index contributed by atoms with van der Waals surface area (Å²) in [6.45, 7) is 4.41. The maximum absolute atomic E-state index is 12.5. The molecule has 2 N–H and O–H groups in total. The quantitative estimate of drug-likeness (QED) is 0.0309. The summed E-state index contributed by atoms with van der Waals surface area (Å²) in [6.07, 6.45) is 43.1. The predicted molar refractivity (Wildman–Crippen MR) is 197 cm³/mol. The Morgan fingerprint density at radius 2 is 0.851 bits per heavy atom. The van der Waals surface area contributed by atoms with E-state index >= 15 is 0 Å². The fourth-order valence-electron chi connectivity index (χ4n) is 5.20. The number of carbonyl (C=O) groups excluding carboxylic acids is 2. The van der Waals surface area contributed by atoms with Gasteiger partial charge in [-0.25, -0.2) is 0 Å². The number of hydrogen-bond donors (Lipinski definition) is 2. The van der Waals surface area contributed by atoms with Gasteiger partial charge in [0.1, 0.15) is 0 Å². The zero-order valence-electron chi connectivity index (χ0n) is 30.4. The molecular weight excluding hydrogens is 588 g/mol. The van der Waals surface area contributed by atoms with Crippen LogP contribution in [0.1, 0.15) is 187 Å². The first-order valence-electron chi connectivity index (χ1n) is 19.3. The molecule has 0 aliphatic carbocycles. The van der Waals surface area contributed by atoms with Crippen LogP contribution in [0.4, 0.5) is 0 Å². The van der Waals surface area contributed by atoms with Crippen molar-refractivity contribution in [3.05, 3.63) is 48.6 Å². The Morgan fingerprint density at radius 1 is 0.489 bits per heavy atom. The largest absolute Gasteiger partial charge is 0.398 e. The van der Waals surface area contributed by atoms with Crippen molar-refractivity contribution in [3.63, 3.8) is 0 Å². The van der Waals surface area contributed by atoms with E-state index in [2.05, 4.69) is 62.5 Å². The number of esters is 2. The topological polar surface area (TPSA) is 93.1 Å². The molecule has 0 spiro atoms. The molecule has 0 unspecified atom stereocenters. The van der Waals surface area contributed by atoms with Crippen LogP contribution in [-0.4, -0.2) is 34.7 Å². The van der Waals surface area contributed by atoms with Crippen molar-refractivity contribution < 1.29 is 29.3 Å². The van der Waals surface area contributed by atoms with Gasteiger partial charge in [-0.05, 0) is 89.9 Å². The molecule has 6 nitrogen and oxygen atoms in total. The molecule has 0 aromatic rings. The van der Waals surface area contributed by atoms with E-state index in [-0.39, 0.29) is 25.9 Å². The molecule has 0 bridgehead atoms. The SMILES string of the molecule is CCCCC/C=C\C/C=C\CCCCCCCC(=O)OC(O)(CCCCO)OC(=O)CCCCCCC/C=C\C/C=C\CCCCC. The molecule has 0 atom stereocenters. The van der Waals surface area contributed by atoms with Gasteiger partial charge >= 0.3 is 17.9 Å². The molecule has 0 aromatic heterocycles. The second-order valence-corrected chi connectivity index (χ2v) is 12.8. The zero-order valence-corrected chi connectivity index (χ0v) is 30.4. The van der Waals surface area contributed by atoms with Gasteiger partial charge in [0, 0.05) is 19.4 Å². The van der Waals surface area contributed by atoms with Gasteiger partial charge in [0.2, 0.25) is 0 Å². The molecule has 0 saturated carbocycles. The van der Waals surface area contributed by atoms with Crippen molar-refractivity contribution in [3.8, 4) is 0 Å². The minimum atomic E-state index is -2.27. The lowest BCUT2D eigenvalue weighted by molar-refractivity contribution is -0.328. The van der Waals surface area contributed by atoms with Crippen LogP contribution >= 0.6 is 0 Å². The molecule has 0 fully saturated rings. The first-order chi connectivity index (χ1) is 23.0. The smallest absolute Gasteiger partial charge is 0.373 e. The summed E-state index contributed by atoms with van der Waals surface area (Å²) in [6, 6.07) is 0. The summed E-state index contributed by atoms with van der Waals surface area (Å²) in [4.78, 5) is 24.9. The van der Waals surface area contributed by atoms with Crippen LogP contribution in [0.5, 0.6) is 0 Å². The normalized spacial score (nSPS) is 12.3. The van der Waals surface area contributed by atoms with E-state index in [1.807, 2.05) is 0 Å². The Bertz CT molecular complexity index is 768. The van der Waals surface area contributed by atoms with Crippen LogP contribution < -0.4 is 0 Å². The second kappa shape index (κ2) is 35.1. The Balaban J connectivity index is 4.08. The molecule has 47 heavy (non-hydrogen) atoms. The van der Waals surface area contributed by atoms with Crippen LogP contribution in [0.2, 0.25) is 0 Å². The van der Waals surface area contributed by atoms with E-state index in [0.717, 1.165) is 77.0 Å². The Labute approximate surface area is 289 Å². The molecule has 0 rings (SSSR count). The maximum atomic E-state index is 12.5. The summed E-state index contributed by atoms with van der Waals surface area (Å²) < 4.78 is 10.5. The standard InChI is InChI=1S/C41H72O6/c1-3-5-7-9-11-13-15-17-19-21-23-25-27-29-31-35-39(43)46-41(45,37-33-34-38-42)47-40(44)36-32-30-28-26-24-22-20-18-16-14-12-10-8-6-4-2/h11-14,17-20,42,45H,3-10,15-16,21-38H2,1-2H3/b13-11-,14-12-,19-17-,20-18-. The fraction of sp³-hybridized carbons (Fsp3) is 0.756. The molecule has 0 heterocycles. The van der Waals surface area contributed by atoms with Gasteiger partial charge < -0.3 is 19.7 Å². The maximum Gasteiger partial charge on any atom is 0.373 e. The molecule has 0 aliphatic rings. The summed E-state index contributed by atoms with van der Waals surface area (Å²) in [5.74, 6) is -3.39. The summed E-state index contributed by atoms with van der Waals surface area (Å²) in [7, 11) is 0. The molecule has 272 valence electrons. The van der Waals surface area contributed by atoms with Crippen LogP contribution in [0.25, 0.3) is 0 Å². The first-order valence-corrected chi connectivity index (χ1v) is 19.3. The highest BCUT2D eigenvalue weighted by atomic mass is 16.8. The van der Waals surface area contributed by atoms with Gasteiger partial charge in [0.05, 0.1) is 6.42 Å². The summed E-state index contributed by atoms with van der Waals surface area (Å²) >= 11 is 0. The average molecular weight is 661 g/mol. The van der Waals surface area contributed by atoms with Crippen LogP contribution in [-0.2, 0) is 19.1 Å². The lowest BCUT2D eigenvalue weighted by Gasteiger charge is -2.27. The average Bonchev–Trinajstić information content (AvgIpc) is 3.04. The van der Waals surface area contributed by atoms with Gasteiger partial charge in [-0.2, -0.15) is 0 Å². The van der Waals surface area contributed by atoms with Crippen LogP contribution in [0.3, 0.4) is 0 Å². The highest BCUT2D eigenvalue weighted by molar-refractivity contribution is 5.71. The number of hydrogen-bond acceptors (Lipinski definition) is 6. The monoisotopic (exact) mass is 661 g/mol. The van der Waals surface area contributed by atoms with Gasteiger partial charge in [0.25, 0.3) is 0 Å². The number of allylic oxidation sites excluding steroid dienone is 8. The molecule has 0 aromatic carbocycles. The Morgan fingerprint density at radius 3 is 1.23 bits per heavy atom. The highest BCUT2D eigenvalue weighted by Crippen LogP contribution is 2.22. The Hall–Kier alpha value is -2.18. The molecular formula is C41H72O6. The van der Waals surface area contributed by atoms with Crippen molar-refractivity contribution >= 4 is 11.9 Å². The van der Waals surface area contributed by atoms with E-state index in [1.165, 1.54) is 51.4 Å². The summed E-state index contributed by atoms with van der Waals surface area (Å²) in [5.41, 5.74) is 0. The Kier molecular flexibility index (Phi) is 33.5. The van der Waals surface area contributed by atoms with Crippen molar-refractivity contribution in [2.24, 2.45) is 0 Å². The molecule has 6 heteroatoms. The van der Waals surface area contributed by atoms with Gasteiger partial charge in [-0.1, -0.05) is 127 Å². The van der Waals surface area contributed by atoms with Crippen molar-refractivity contribution in [1.29, 1.82) is 0 Å². The van der Waals surface area contributed by atoms with E-state index < -0.39 is 17.9 Å². The van der Waals surface area contributed by atoms with Gasteiger partial charge in [-0.3, -0.25) is 9.59 Å². The molecule has 0 aliphatic heterocycles.